The molecule has 0 bridgehead atoms. The number of carbonyl (C=O) groups excluding carboxylic acids is 1. The number of alkyl halides is 3. The van der Waals surface area contributed by atoms with Crippen LogP contribution in [0.1, 0.15) is 21.5 Å². The van der Waals surface area contributed by atoms with Gasteiger partial charge >= 0.3 is 6.18 Å². The van der Waals surface area contributed by atoms with Crippen LogP contribution in [0.25, 0.3) is 0 Å². The van der Waals surface area contributed by atoms with Gasteiger partial charge in [0.2, 0.25) is 0 Å². The Hall–Kier alpha value is -3.66. The summed E-state index contributed by atoms with van der Waals surface area (Å²) in [7, 11) is 0. The van der Waals surface area contributed by atoms with E-state index in [9.17, 15) is 18.0 Å². The Morgan fingerprint density at radius 1 is 1.12 bits per heavy atom. The summed E-state index contributed by atoms with van der Waals surface area (Å²) >= 11 is 0. The highest BCUT2D eigenvalue weighted by Gasteiger charge is 2.32. The van der Waals surface area contributed by atoms with E-state index in [1.807, 2.05) is 12.1 Å². The lowest BCUT2D eigenvalue weighted by Gasteiger charge is -2.27. The van der Waals surface area contributed by atoms with Crippen molar-refractivity contribution in [1.29, 1.82) is 0 Å². The molecule has 0 atom stereocenters. The number of halogens is 3. The lowest BCUT2D eigenvalue weighted by Crippen LogP contribution is -2.45. The molecule has 1 aromatic carbocycles. The average molecular weight is 457 g/mol. The zero-order chi connectivity index (χ0) is 23.3. The summed E-state index contributed by atoms with van der Waals surface area (Å²) in [6, 6.07) is 9.98. The number of anilines is 2. The molecule has 1 saturated heterocycles. The van der Waals surface area contributed by atoms with E-state index in [0.717, 1.165) is 30.8 Å². The van der Waals surface area contributed by atoms with Gasteiger partial charge in [0.05, 0.1) is 17.7 Å². The number of hydrogen-bond donors (Lipinski definition) is 3. The topological polar surface area (TPSA) is 88.2 Å². The van der Waals surface area contributed by atoms with Crippen LogP contribution < -0.4 is 20.7 Å². The largest absolute Gasteiger partial charge is 0.493 e. The van der Waals surface area contributed by atoms with Gasteiger partial charge in [-0.05, 0) is 42.0 Å². The maximum absolute atomic E-state index is 13.4. The molecule has 4 rings (SSSR count). The van der Waals surface area contributed by atoms with Gasteiger partial charge in [0, 0.05) is 55.9 Å². The molecule has 0 aliphatic carbocycles. The van der Waals surface area contributed by atoms with Crippen LogP contribution in [0, 0.1) is 5.92 Å². The quantitative estimate of drug-likeness (QED) is 0.475. The molecule has 3 aromatic rings. The van der Waals surface area contributed by atoms with Gasteiger partial charge in [0.25, 0.3) is 5.91 Å². The van der Waals surface area contributed by atoms with Gasteiger partial charge < -0.3 is 20.7 Å². The minimum absolute atomic E-state index is 0.0134. The van der Waals surface area contributed by atoms with Gasteiger partial charge in [-0.15, -0.1) is 0 Å². The first-order valence-electron chi connectivity index (χ1n) is 10.3. The van der Waals surface area contributed by atoms with Crippen molar-refractivity contribution in [2.45, 2.75) is 12.7 Å². The number of carbonyl (C=O) groups is 1. The van der Waals surface area contributed by atoms with E-state index in [4.69, 9.17) is 4.74 Å². The predicted octanol–water partition coefficient (Wildman–Crippen LogP) is 3.96. The van der Waals surface area contributed by atoms with Crippen molar-refractivity contribution < 1.29 is 22.7 Å². The van der Waals surface area contributed by atoms with Gasteiger partial charge in [0.1, 0.15) is 11.6 Å². The normalized spacial score (nSPS) is 13.8. The van der Waals surface area contributed by atoms with Crippen LogP contribution in [0.2, 0.25) is 0 Å². The molecule has 1 fully saturated rings. The van der Waals surface area contributed by atoms with Gasteiger partial charge in [-0.2, -0.15) is 13.2 Å². The second-order valence-electron chi connectivity index (χ2n) is 7.64. The van der Waals surface area contributed by atoms with Crippen molar-refractivity contribution in [1.82, 2.24) is 15.3 Å². The number of rotatable bonds is 8. The summed E-state index contributed by atoms with van der Waals surface area (Å²) < 4.78 is 45.8. The van der Waals surface area contributed by atoms with E-state index >= 15 is 0 Å². The fourth-order valence-corrected chi connectivity index (χ4v) is 3.21. The third-order valence-corrected chi connectivity index (χ3v) is 5.11. The first-order valence-corrected chi connectivity index (χ1v) is 10.3. The zero-order valence-corrected chi connectivity index (χ0v) is 17.5. The lowest BCUT2D eigenvalue weighted by molar-refractivity contribution is -0.137. The molecule has 0 spiro atoms. The molecule has 0 saturated carbocycles. The molecule has 3 N–H and O–H groups in total. The maximum atomic E-state index is 13.4. The summed E-state index contributed by atoms with van der Waals surface area (Å²) in [5.41, 5.74) is 0.222. The van der Waals surface area contributed by atoms with Crippen molar-refractivity contribution in [3.05, 3.63) is 77.7 Å². The second kappa shape index (κ2) is 9.86. The Morgan fingerprint density at radius 3 is 2.61 bits per heavy atom. The molecular weight excluding hydrogens is 435 g/mol. The van der Waals surface area contributed by atoms with Crippen LogP contribution in [-0.4, -0.2) is 35.6 Å². The molecule has 3 heterocycles. The van der Waals surface area contributed by atoms with Crippen molar-refractivity contribution in [2.24, 2.45) is 5.92 Å². The number of nitrogens with zero attached hydrogens (tertiary/aromatic N) is 2. The number of pyridine rings is 2. The van der Waals surface area contributed by atoms with E-state index in [-0.39, 0.29) is 22.9 Å². The molecule has 7 nitrogen and oxygen atoms in total. The fraction of sp³-hybridized carbons (Fsp3) is 0.261. The van der Waals surface area contributed by atoms with Crippen LogP contribution >= 0.6 is 0 Å². The third-order valence-electron chi connectivity index (χ3n) is 5.11. The Bertz CT molecular complexity index is 1100. The summed E-state index contributed by atoms with van der Waals surface area (Å²) in [4.78, 5) is 21.1. The molecular formula is C23H22F3N5O2. The maximum Gasteiger partial charge on any atom is 0.416 e. The summed E-state index contributed by atoms with van der Waals surface area (Å²) in [6.45, 7) is 2.22. The van der Waals surface area contributed by atoms with E-state index in [1.165, 1.54) is 12.3 Å². The van der Waals surface area contributed by atoms with Crippen molar-refractivity contribution >= 4 is 17.4 Å². The third kappa shape index (κ3) is 5.98. The number of ether oxygens (including phenoxy) is 1. The number of amides is 1. The Morgan fingerprint density at radius 2 is 1.91 bits per heavy atom. The SMILES string of the molecule is O=C(Nc1cc(OCC2CNC2)cc(C(F)(F)F)c1)c1cccnc1NCc1ccncc1. The number of hydrogen-bond acceptors (Lipinski definition) is 6. The van der Waals surface area contributed by atoms with Crippen LogP contribution in [0.15, 0.2) is 61.1 Å². The molecule has 33 heavy (non-hydrogen) atoms. The van der Waals surface area contributed by atoms with Crippen molar-refractivity contribution in [3.63, 3.8) is 0 Å². The van der Waals surface area contributed by atoms with Crippen LogP contribution in [0.3, 0.4) is 0 Å². The Balaban J connectivity index is 1.51. The van der Waals surface area contributed by atoms with Crippen molar-refractivity contribution in [2.75, 3.05) is 30.3 Å². The molecule has 2 aromatic heterocycles. The molecule has 1 aliphatic rings. The minimum atomic E-state index is -4.58. The van der Waals surface area contributed by atoms with Gasteiger partial charge in [-0.3, -0.25) is 9.78 Å². The van der Waals surface area contributed by atoms with Crippen LogP contribution in [0.4, 0.5) is 24.7 Å². The smallest absolute Gasteiger partial charge is 0.416 e. The summed E-state index contributed by atoms with van der Waals surface area (Å²) in [5.74, 6) is 0.0257. The average Bonchev–Trinajstić information content (AvgIpc) is 2.77. The van der Waals surface area contributed by atoms with E-state index in [0.29, 0.717) is 19.0 Å². The molecule has 1 amide bonds. The standard InChI is InChI=1S/C23H22F3N5O2/c24-23(25,26)17-8-18(10-19(9-17)33-14-16-11-28-12-16)31-22(32)20-2-1-5-29-21(20)30-13-15-3-6-27-7-4-15/h1-10,16,28H,11-14H2,(H,29,30)(H,31,32). The first kappa shape index (κ1) is 22.5. The highest BCUT2D eigenvalue weighted by Crippen LogP contribution is 2.34. The monoisotopic (exact) mass is 457 g/mol. The van der Waals surface area contributed by atoms with Crippen LogP contribution in [0.5, 0.6) is 5.75 Å². The van der Waals surface area contributed by atoms with Crippen molar-refractivity contribution in [3.8, 4) is 5.75 Å². The number of nitrogens with one attached hydrogen (secondary N) is 3. The van der Waals surface area contributed by atoms with E-state index < -0.39 is 17.6 Å². The first-order chi connectivity index (χ1) is 15.9. The Kier molecular flexibility index (Phi) is 6.74. The van der Waals surface area contributed by atoms with E-state index in [1.54, 1.807) is 24.5 Å². The van der Waals surface area contributed by atoms with Gasteiger partial charge in [0.15, 0.2) is 0 Å². The zero-order valence-electron chi connectivity index (χ0n) is 17.5. The lowest BCUT2D eigenvalue weighted by atomic mass is 10.1. The summed E-state index contributed by atoms with van der Waals surface area (Å²) in [5, 5.41) is 8.71. The fourth-order valence-electron chi connectivity index (χ4n) is 3.21. The minimum Gasteiger partial charge on any atom is -0.493 e. The van der Waals surface area contributed by atoms with Crippen LogP contribution in [-0.2, 0) is 12.7 Å². The highest BCUT2D eigenvalue weighted by molar-refractivity contribution is 6.07. The molecule has 1 aliphatic heterocycles. The molecule has 0 unspecified atom stereocenters. The second-order valence-corrected chi connectivity index (χ2v) is 7.64. The number of benzene rings is 1. The molecule has 172 valence electrons. The predicted molar refractivity (Wildman–Crippen MR) is 117 cm³/mol. The Labute approximate surface area is 188 Å². The molecule has 10 heteroatoms. The number of aromatic nitrogens is 2. The molecule has 0 radical (unpaired) electrons. The van der Waals surface area contributed by atoms with Gasteiger partial charge in [-0.25, -0.2) is 4.98 Å². The van der Waals surface area contributed by atoms with Gasteiger partial charge in [-0.1, -0.05) is 0 Å². The summed E-state index contributed by atoms with van der Waals surface area (Å²) in [6.07, 6.45) is 0.245. The highest BCUT2D eigenvalue weighted by atomic mass is 19.4. The van der Waals surface area contributed by atoms with E-state index in [2.05, 4.69) is 25.9 Å².